The highest BCUT2D eigenvalue weighted by molar-refractivity contribution is 9.09. The number of hydrogen-bond acceptors (Lipinski definition) is 1. The molecule has 0 aromatic rings. The van der Waals surface area contributed by atoms with Crippen molar-refractivity contribution in [3.63, 3.8) is 0 Å². The molecule has 0 saturated heterocycles. The van der Waals surface area contributed by atoms with E-state index in [0.717, 1.165) is 13.0 Å². The van der Waals surface area contributed by atoms with Crippen LogP contribution >= 0.6 is 15.9 Å². The maximum Gasteiger partial charge on any atom is 0.0465 e. The Morgan fingerprint density at radius 2 is 1.85 bits per heavy atom. The number of alkyl halides is 1. The molecule has 2 heteroatoms. The van der Waals surface area contributed by atoms with Crippen LogP contribution in [0.3, 0.4) is 0 Å². The highest BCUT2D eigenvalue weighted by Crippen LogP contribution is 2.35. The number of rotatable bonds is 6. The average molecular weight is 251 g/mol. The van der Waals surface area contributed by atoms with Gasteiger partial charge in [0.05, 0.1) is 0 Å². The van der Waals surface area contributed by atoms with Gasteiger partial charge in [-0.2, -0.15) is 0 Å². The second-order valence-electron chi connectivity index (χ2n) is 4.66. The van der Waals surface area contributed by atoms with Gasteiger partial charge in [-0.1, -0.05) is 43.6 Å². The van der Waals surface area contributed by atoms with Crippen LogP contribution in [0.4, 0.5) is 0 Å². The predicted octanol–water partition coefficient (Wildman–Crippen LogP) is 3.86. The molecule has 0 aliphatic heterocycles. The van der Waals surface area contributed by atoms with E-state index in [1.807, 2.05) is 0 Å². The minimum atomic E-state index is 0.404. The van der Waals surface area contributed by atoms with Crippen molar-refractivity contribution in [1.29, 1.82) is 0 Å². The first-order valence-electron chi connectivity index (χ1n) is 5.03. The number of ether oxygens (including phenoxy) is 1. The summed E-state index contributed by atoms with van der Waals surface area (Å²) in [7, 11) is 1.77. The summed E-state index contributed by atoms with van der Waals surface area (Å²) in [6, 6.07) is 0. The van der Waals surface area contributed by atoms with Crippen molar-refractivity contribution in [2.45, 2.75) is 45.4 Å². The SMILES string of the molecule is COCCC(C)C(C)(C)CC(C)Br. The van der Waals surface area contributed by atoms with Crippen LogP contribution in [-0.2, 0) is 4.74 Å². The maximum atomic E-state index is 5.10. The van der Waals surface area contributed by atoms with Crippen LogP contribution in [-0.4, -0.2) is 18.5 Å². The van der Waals surface area contributed by atoms with Gasteiger partial charge in [0.25, 0.3) is 0 Å². The molecule has 0 heterocycles. The van der Waals surface area contributed by atoms with Crippen molar-refractivity contribution in [2.24, 2.45) is 11.3 Å². The molecule has 0 aromatic carbocycles. The lowest BCUT2D eigenvalue weighted by Crippen LogP contribution is -2.25. The fraction of sp³-hybridized carbons (Fsp3) is 1.00. The third-order valence-corrected chi connectivity index (χ3v) is 3.22. The highest BCUT2D eigenvalue weighted by Gasteiger charge is 2.26. The van der Waals surface area contributed by atoms with Crippen molar-refractivity contribution in [2.75, 3.05) is 13.7 Å². The van der Waals surface area contributed by atoms with Gasteiger partial charge >= 0.3 is 0 Å². The van der Waals surface area contributed by atoms with Crippen molar-refractivity contribution in [3.8, 4) is 0 Å². The third kappa shape index (κ3) is 5.69. The summed E-state index contributed by atoms with van der Waals surface area (Å²) in [6.07, 6.45) is 2.38. The van der Waals surface area contributed by atoms with E-state index >= 15 is 0 Å². The van der Waals surface area contributed by atoms with E-state index in [4.69, 9.17) is 4.74 Å². The fourth-order valence-electron chi connectivity index (χ4n) is 1.61. The van der Waals surface area contributed by atoms with E-state index in [2.05, 4.69) is 43.6 Å². The quantitative estimate of drug-likeness (QED) is 0.651. The summed E-state index contributed by atoms with van der Waals surface area (Å²) < 4.78 is 5.10. The van der Waals surface area contributed by atoms with E-state index in [9.17, 15) is 0 Å². The second kappa shape index (κ2) is 6.02. The topological polar surface area (TPSA) is 9.23 Å². The molecule has 0 bridgehead atoms. The largest absolute Gasteiger partial charge is 0.385 e. The van der Waals surface area contributed by atoms with Crippen LogP contribution in [0, 0.1) is 11.3 Å². The highest BCUT2D eigenvalue weighted by atomic mass is 79.9. The van der Waals surface area contributed by atoms with Crippen LogP contribution in [0.5, 0.6) is 0 Å². The molecule has 0 N–H and O–H groups in total. The van der Waals surface area contributed by atoms with E-state index in [-0.39, 0.29) is 0 Å². The van der Waals surface area contributed by atoms with Crippen LogP contribution < -0.4 is 0 Å². The molecule has 0 aliphatic carbocycles. The van der Waals surface area contributed by atoms with Crippen LogP contribution in [0.15, 0.2) is 0 Å². The smallest absolute Gasteiger partial charge is 0.0465 e. The van der Waals surface area contributed by atoms with Gasteiger partial charge in [-0.25, -0.2) is 0 Å². The zero-order valence-electron chi connectivity index (χ0n) is 9.56. The Balaban J connectivity index is 3.94. The first-order valence-corrected chi connectivity index (χ1v) is 5.94. The summed E-state index contributed by atoms with van der Waals surface area (Å²) in [5.41, 5.74) is 0.404. The summed E-state index contributed by atoms with van der Waals surface area (Å²) in [4.78, 5) is 0.604. The summed E-state index contributed by atoms with van der Waals surface area (Å²) in [5, 5.41) is 0. The molecule has 0 rings (SSSR count). The fourth-order valence-corrected chi connectivity index (χ4v) is 2.45. The van der Waals surface area contributed by atoms with Gasteiger partial charge in [-0.15, -0.1) is 0 Å². The Bertz CT molecular complexity index is 132. The average Bonchev–Trinajstić information content (AvgIpc) is 1.97. The van der Waals surface area contributed by atoms with Crippen molar-refractivity contribution in [3.05, 3.63) is 0 Å². The molecule has 0 amide bonds. The Kier molecular flexibility index (Phi) is 6.23. The molecule has 1 nitrogen and oxygen atoms in total. The van der Waals surface area contributed by atoms with Crippen LogP contribution in [0.2, 0.25) is 0 Å². The van der Waals surface area contributed by atoms with Gasteiger partial charge in [0, 0.05) is 18.5 Å². The van der Waals surface area contributed by atoms with E-state index in [1.54, 1.807) is 7.11 Å². The molecule has 0 fully saturated rings. The molecule has 2 atom stereocenters. The molecule has 0 spiro atoms. The van der Waals surface area contributed by atoms with Crippen molar-refractivity contribution < 1.29 is 4.74 Å². The molecular formula is C11H23BrO. The number of halogens is 1. The standard InChI is InChI=1S/C11H23BrO/c1-9(6-7-13-5)11(3,4)8-10(2)12/h9-10H,6-8H2,1-5H3. The molecule has 0 radical (unpaired) electrons. The zero-order chi connectivity index (χ0) is 10.5. The van der Waals surface area contributed by atoms with E-state index in [0.29, 0.717) is 16.2 Å². The first kappa shape index (κ1) is 13.4. The van der Waals surface area contributed by atoms with Gasteiger partial charge in [0.15, 0.2) is 0 Å². The Morgan fingerprint density at radius 3 is 2.23 bits per heavy atom. The van der Waals surface area contributed by atoms with E-state index in [1.165, 1.54) is 6.42 Å². The van der Waals surface area contributed by atoms with Crippen molar-refractivity contribution in [1.82, 2.24) is 0 Å². The molecule has 0 aromatic heterocycles. The number of hydrogen-bond donors (Lipinski definition) is 0. The summed E-state index contributed by atoms with van der Waals surface area (Å²) in [6.45, 7) is 10.1. The molecule has 13 heavy (non-hydrogen) atoms. The lowest BCUT2D eigenvalue weighted by molar-refractivity contribution is 0.131. The molecule has 80 valence electrons. The minimum absolute atomic E-state index is 0.404. The maximum absolute atomic E-state index is 5.10. The van der Waals surface area contributed by atoms with Crippen LogP contribution in [0.1, 0.15) is 40.5 Å². The summed E-state index contributed by atoms with van der Waals surface area (Å²) in [5.74, 6) is 0.715. The second-order valence-corrected chi connectivity index (χ2v) is 6.22. The van der Waals surface area contributed by atoms with E-state index < -0.39 is 0 Å². The monoisotopic (exact) mass is 250 g/mol. The lowest BCUT2D eigenvalue weighted by atomic mass is 9.75. The Morgan fingerprint density at radius 1 is 1.31 bits per heavy atom. The molecule has 0 saturated carbocycles. The third-order valence-electron chi connectivity index (χ3n) is 2.90. The Labute approximate surface area is 91.4 Å². The molecule has 2 unspecified atom stereocenters. The molecule has 0 aliphatic rings. The lowest BCUT2D eigenvalue weighted by Gasteiger charge is -2.33. The Hall–Kier alpha value is 0.440. The van der Waals surface area contributed by atoms with Gasteiger partial charge < -0.3 is 4.74 Å². The normalized spacial score (nSPS) is 17.1. The number of methoxy groups -OCH3 is 1. The molecular weight excluding hydrogens is 228 g/mol. The first-order chi connectivity index (χ1) is 5.90. The van der Waals surface area contributed by atoms with Gasteiger partial charge in [-0.05, 0) is 24.2 Å². The van der Waals surface area contributed by atoms with Crippen molar-refractivity contribution >= 4 is 15.9 Å². The summed E-state index contributed by atoms with van der Waals surface area (Å²) >= 11 is 3.62. The van der Waals surface area contributed by atoms with Crippen LogP contribution in [0.25, 0.3) is 0 Å². The predicted molar refractivity (Wildman–Crippen MR) is 62.4 cm³/mol. The van der Waals surface area contributed by atoms with Gasteiger partial charge in [0.1, 0.15) is 0 Å². The van der Waals surface area contributed by atoms with Gasteiger partial charge in [-0.3, -0.25) is 0 Å². The minimum Gasteiger partial charge on any atom is -0.385 e. The zero-order valence-corrected chi connectivity index (χ0v) is 11.1. The van der Waals surface area contributed by atoms with Gasteiger partial charge in [0.2, 0.25) is 0 Å².